The number of hydrogen-bond donors (Lipinski definition) is 2. The molecule has 1 fully saturated rings. The molecule has 2 atom stereocenters. The van der Waals surface area contributed by atoms with E-state index < -0.39 is 18.1 Å². The first-order valence-electron chi connectivity index (χ1n) is 6.41. The Bertz CT molecular complexity index is 556. The summed E-state index contributed by atoms with van der Waals surface area (Å²) in [6.07, 6.45) is -0.490. The molecule has 2 unspecified atom stereocenters. The predicted molar refractivity (Wildman–Crippen MR) is 76.9 cm³/mol. The first-order chi connectivity index (χ1) is 9.58. The van der Waals surface area contributed by atoms with Gasteiger partial charge in [0.1, 0.15) is 12.1 Å². The van der Waals surface area contributed by atoms with E-state index in [1.54, 1.807) is 22.7 Å². The number of nitrogens with zero attached hydrogens (tertiary/aromatic N) is 2. The van der Waals surface area contributed by atoms with E-state index in [0.717, 1.165) is 10.6 Å². The van der Waals surface area contributed by atoms with Crippen molar-refractivity contribution in [1.29, 1.82) is 5.26 Å². The van der Waals surface area contributed by atoms with Crippen LogP contribution in [0.25, 0.3) is 0 Å². The van der Waals surface area contributed by atoms with Gasteiger partial charge in [-0.1, -0.05) is 13.0 Å². The molecule has 1 aliphatic rings. The highest BCUT2D eigenvalue weighted by Crippen LogP contribution is 2.34. The topological polar surface area (TPSA) is 84.6 Å². The standard InChI is InChI=1S/C14H16N2O3S/c1-2-20-13-5-3-4-11(10(13)7-15)16-8-9(17)6-12(16)14(18)19/h3-5,9,12,17H,2,6,8H2,1H3,(H,18,19). The van der Waals surface area contributed by atoms with Crippen molar-refractivity contribution < 1.29 is 15.0 Å². The number of aliphatic carboxylic acids is 1. The molecule has 0 bridgehead atoms. The lowest BCUT2D eigenvalue weighted by molar-refractivity contribution is -0.138. The first-order valence-corrected chi connectivity index (χ1v) is 7.40. The molecule has 0 aromatic heterocycles. The van der Waals surface area contributed by atoms with Crippen LogP contribution in [0, 0.1) is 11.3 Å². The number of carboxylic acid groups (broad SMARTS) is 1. The number of nitriles is 1. The van der Waals surface area contributed by atoms with Crippen LogP contribution < -0.4 is 4.90 Å². The fraction of sp³-hybridized carbons (Fsp3) is 0.429. The van der Waals surface area contributed by atoms with Gasteiger partial charge >= 0.3 is 5.97 Å². The number of anilines is 1. The summed E-state index contributed by atoms with van der Waals surface area (Å²) in [6, 6.07) is 6.80. The zero-order chi connectivity index (χ0) is 14.7. The number of aliphatic hydroxyl groups excluding tert-OH is 1. The molecule has 0 amide bonds. The molecule has 6 heteroatoms. The number of benzene rings is 1. The monoisotopic (exact) mass is 292 g/mol. The van der Waals surface area contributed by atoms with Gasteiger partial charge in [-0.05, 0) is 17.9 Å². The summed E-state index contributed by atoms with van der Waals surface area (Å²) < 4.78 is 0. The number of aliphatic hydroxyl groups is 1. The zero-order valence-corrected chi connectivity index (χ0v) is 11.9. The molecule has 1 aromatic carbocycles. The van der Waals surface area contributed by atoms with E-state index in [1.807, 2.05) is 19.1 Å². The van der Waals surface area contributed by atoms with E-state index in [1.165, 1.54) is 0 Å². The van der Waals surface area contributed by atoms with Gasteiger partial charge in [0.15, 0.2) is 0 Å². The Labute approximate surface area is 121 Å². The highest BCUT2D eigenvalue weighted by Gasteiger charge is 2.37. The van der Waals surface area contributed by atoms with Crippen LogP contribution in [-0.2, 0) is 4.79 Å². The molecule has 2 rings (SSSR count). The van der Waals surface area contributed by atoms with Crippen molar-refractivity contribution in [2.24, 2.45) is 0 Å². The number of hydrogen-bond acceptors (Lipinski definition) is 5. The average molecular weight is 292 g/mol. The van der Waals surface area contributed by atoms with Crippen molar-refractivity contribution >= 4 is 23.4 Å². The van der Waals surface area contributed by atoms with Gasteiger partial charge in [0.05, 0.1) is 17.4 Å². The molecule has 0 radical (unpaired) electrons. The highest BCUT2D eigenvalue weighted by atomic mass is 32.2. The van der Waals surface area contributed by atoms with Crippen molar-refractivity contribution in [3.63, 3.8) is 0 Å². The smallest absolute Gasteiger partial charge is 0.326 e. The van der Waals surface area contributed by atoms with E-state index in [9.17, 15) is 20.3 Å². The van der Waals surface area contributed by atoms with Crippen molar-refractivity contribution in [1.82, 2.24) is 0 Å². The molecular formula is C14H16N2O3S. The molecular weight excluding hydrogens is 276 g/mol. The molecule has 20 heavy (non-hydrogen) atoms. The molecule has 0 aliphatic carbocycles. The van der Waals surface area contributed by atoms with E-state index in [4.69, 9.17) is 0 Å². The molecule has 2 N–H and O–H groups in total. The minimum Gasteiger partial charge on any atom is -0.480 e. The average Bonchev–Trinajstić information content (AvgIpc) is 2.81. The summed E-state index contributed by atoms with van der Waals surface area (Å²) in [5.41, 5.74) is 1.08. The van der Waals surface area contributed by atoms with Gasteiger partial charge in [-0.2, -0.15) is 5.26 Å². The Morgan fingerprint density at radius 2 is 2.35 bits per heavy atom. The molecule has 1 aliphatic heterocycles. The van der Waals surface area contributed by atoms with Crippen LogP contribution in [0.15, 0.2) is 23.1 Å². The van der Waals surface area contributed by atoms with E-state index in [0.29, 0.717) is 11.3 Å². The molecule has 1 saturated heterocycles. The lowest BCUT2D eigenvalue weighted by Gasteiger charge is -2.25. The zero-order valence-electron chi connectivity index (χ0n) is 11.1. The van der Waals surface area contributed by atoms with Crippen molar-refractivity contribution in [3.05, 3.63) is 23.8 Å². The Balaban J connectivity index is 2.44. The van der Waals surface area contributed by atoms with Crippen LogP contribution in [0.1, 0.15) is 18.9 Å². The van der Waals surface area contributed by atoms with Gasteiger partial charge in [-0.15, -0.1) is 11.8 Å². The largest absolute Gasteiger partial charge is 0.480 e. The fourth-order valence-corrected chi connectivity index (χ4v) is 3.24. The number of β-amino-alcohol motifs (C(OH)–C–C–N with tert-alkyl or cyclic N) is 1. The SMILES string of the molecule is CCSc1cccc(N2CC(O)CC2C(=O)O)c1C#N. The Morgan fingerprint density at radius 3 is 2.95 bits per heavy atom. The van der Waals surface area contributed by atoms with Crippen molar-refractivity contribution in [2.45, 2.75) is 30.4 Å². The highest BCUT2D eigenvalue weighted by molar-refractivity contribution is 7.99. The van der Waals surface area contributed by atoms with Gasteiger partial charge in [0, 0.05) is 17.9 Å². The second-order valence-electron chi connectivity index (χ2n) is 4.59. The van der Waals surface area contributed by atoms with Crippen LogP contribution in [0.5, 0.6) is 0 Å². The number of carbonyl (C=O) groups is 1. The van der Waals surface area contributed by atoms with E-state index >= 15 is 0 Å². The fourth-order valence-electron chi connectivity index (χ4n) is 2.46. The maximum absolute atomic E-state index is 11.3. The van der Waals surface area contributed by atoms with E-state index in [-0.39, 0.29) is 13.0 Å². The second kappa shape index (κ2) is 6.16. The van der Waals surface area contributed by atoms with Crippen LogP contribution in [0.2, 0.25) is 0 Å². The first kappa shape index (κ1) is 14.7. The molecule has 1 heterocycles. The van der Waals surface area contributed by atoms with Gasteiger partial charge < -0.3 is 15.1 Å². The van der Waals surface area contributed by atoms with Crippen LogP contribution in [-0.4, -0.2) is 40.6 Å². The number of carboxylic acids is 1. The van der Waals surface area contributed by atoms with Gasteiger partial charge in [-0.3, -0.25) is 0 Å². The quantitative estimate of drug-likeness (QED) is 0.822. The predicted octanol–water partition coefficient (Wildman–Crippen LogP) is 1.69. The summed E-state index contributed by atoms with van der Waals surface area (Å²) in [5.74, 6) is -0.137. The molecule has 0 saturated carbocycles. The molecule has 106 valence electrons. The lowest BCUT2D eigenvalue weighted by atomic mass is 10.1. The van der Waals surface area contributed by atoms with Gasteiger partial charge in [0.25, 0.3) is 0 Å². The molecule has 5 nitrogen and oxygen atoms in total. The Morgan fingerprint density at radius 1 is 1.60 bits per heavy atom. The normalized spacial score (nSPS) is 21.8. The second-order valence-corrected chi connectivity index (χ2v) is 5.90. The van der Waals surface area contributed by atoms with E-state index in [2.05, 4.69) is 6.07 Å². The Kier molecular flexibility index (Phi) is 4.53. The summed E-state index contributed by atoms with van der Waals surface area (Å²) in [5, 5.41) is 28.4. The minimum atomic E-state index is -0.973. The summed E-state index contributed by atoms with van der Waals surface area (Å²) in [7, 11) is 0. The third-order valence-electron chi connectivity index (χ3n) is 3.29. The number of rotatable bonds is 4. The third-order valence-corrected chi connectivity index (χ3v) is 4.23. The van der Waals surface area contributed by atoms with Crippen LogP contribution >= 0.6 is 11.8 Å². The maximum Gasteiger partial charge on any atom is 0.326 e. The van der Waals surface area contributed by atoms with Gasteiger partial charge in [0.2, 0.25) is 0 Å². The number of thioether (sulfide) groups is 1. The summed E-state index contributed by atoms with van der Waals surface area (Å²) >= 11 is 1.55. The summed E-state index contributed by atoms with van der Waals surface area (Å²) in [4.78, 5) is 13.8. The minimum absolute atomic E-state index is 0.186. The Hall–Kier alpha value is -1.71. The molecule has 0 spiro atoms. The van der Waals surface area contributed by atoms with Gasteiger partial charge in [-0.25, -0.2) is 4.79 Å². The van der Waals surface area contributed by atoms with Crippen LogP contribution in [0.3, 0.4) is 0 Å². The lowest BCUT2D eigenvalue weighted by Crippen LogP contribution is -2.36. The summed E-state index contributed by atoms with van der Waals surface area (Å²) in [6.45, 7) is 2.24. The maximum atomic E-state index is 11.3. The van der Waals surface area contributed by atoms with Crippen molar-refractivity contribution in [2.75, 3.05) is 17.2 Å². The third kappa shape index (κ3) is 2.74. The van der Waals surface area contributed by atoms with Crippen molar-refractivity contribution in [3.8, 4) is 6.07 Å². The molecule has 1 aromatic rings. The van der Waals surface area contributed by atoms with Crippen LogP contribution in [0.4, 0.5) is 5.69 Å².